The summed E-state index contributed by atoms with van der Waals surface area (Å²) in [5.41, 5.74) is 2.45. The molecule has 0 spiro atoms. The van der Waals surface area contributed by atoms with Gasteiger partial charge in [-0.15, -0.1) is 11.3 Å². The van der Waals surface area contributed by atoms with E-state index in [9.17, 15) is 4.79 Å². The minimum absolute atomic E-state index is 0.204. The number of halogens is 1. The van der Waals surface area contributed by atoms with Gasteiger partial charge < -0.3 is 0 Å². The Labute approximate surface area is 172 Å². The van der Waals surface area contributed by atoms with Gasteiger partial charge in [0.1, 0.15) is 0 Å². The molecule has 0 saturated heterocycles. The second kappa shape index (κ2) is 7.72. The lowest BCUT2D eigenvalue weighted by atomic mass is 10.1. The van der Waals surface area contributed by atoms with E-state index in [4.69, 9.17) is 0 Å². The number of hydrazone groups is 1. The van der Waals surface area contributed by atoms with Gasteiger partial charge in [-0.25, -0.2) is 4.98 Å². The first kappa shape index (κ1) is 18.0. The summed E-state index contributed by atoms with van der Waals surface area (Å²) in [4.78, 5) is 18.8. The fourth-order valence-corrected chi connectivity index (χ4v) is 4.60. The molecule has 0 bridgehead atoms. The third-order valence-electron chi connectivity index (χ3n) is 3.82. The van der Waals surface area contributed by atoms with Crippen molar-refractivity contribution in [3.05, 3.63) is 80.5 Å². The van der Waals surface area contributed by atoms with E-state index in [0.717, 1.165) is 25.1 Å². The number of hydrogen-bond donors (Lipinski definition) is 0. The van der Waals surface area contributed by atoms with Crippen LogP contribution < -0.4 is 5.01 Å². The molecule has 4 nitrogen and oxygen atoms in total. The summed E-state index contributed by atoms with van der Waals surface area (Å²) in [6.45, 7) is 1.96. The molecule has 7 heteroatoms. The van der Waals surface area contributed by atoms with Gasteiger partial charge in [-0.3, -0.25) is 4.79 Å². The number of benzene rings is 2. The second-order valence-electron chi connectivity index (χ2n) is 5.85. The van der Waals surface area contributed by atoms with Crippen LogP contribution in [0.1, 0.15) is 20.8 Å². The van der Waals surface area contributed by atoms with Crippen molar-refractivity contribution in [2.24, 2.45) is 5.10 Å². The zero-order chi connectivity index (χ0) is 18.8. The van der Waals surface area contributed by atoms with Gasteiger partial charge in [0.15, 0.2) is 0 Å². The summed E-state index contributed by atoms with van der Waals surface area (Å²) in [5.74, 6) is -0.204. The third kappa shape index (κ3) is 4.00. The molecule has 1 amide bonds. The van der Waals surface area contributed by atoms with Crippen LogP contribution in [0.15, 0.2) is 69.6 Å². The van der Waals surface area contributed by atoms with E-state index in [0.29, 0.717) is 10.7 Å². The average Bonchev–Trinajstić information content (AvgIpc) is 3.31. The topological polar surface area (TPSA) is 45.6 Å². The van der Waals surface area contributed by atoms with Crippen LogP contribution in [0.2, 0.25) is 0 Å². The number of rotatable bonds is 4. The Morgan fingerprint density at radius 2 is 2.07 bits per heavy atom. The molecule has 2 aromatic carbocycles. The van der Waals surface area contributed by atoms with Gasteiger partial charge in [-0.05, 0) is 48.7 Å². The zero-order valence-electron chi connectivity index (χ0n) is 14.3. The van der Waals surface area contributed by atoms with Crippen molar-refractivity contribution in [2.75, 3.05) is 5.01 Å². The number of aromatic nitrogens is 1. The minimum Gasteiger partial charge on any atom is -0.267 e. The van der Waals surface area contributed by atoms with E-state index in [-0.39, 0.29) is 5.91 Å². The molecule has 2 aromatic heterocycles. The van der Waals surface area contributed by atoms with Gasteiger partial charge in [0.2, 0.25) is 5.13 Å². The molecule has 0 radical (unpaired) electrons. The molecule has 0 saturated carbocycles. The predicted octanol–water partition coefficient (Wildman–Crippen LogP) is 6.11. The van der Waals surface area contributed by atoms with E-state index in [1.807, 2.05) is 60.8 Å². The zero-order valence-corrected chi connectivity index (χ0v) is 17.5. The number of anilines is 1. The van der Waals surface area contributed by atoms with Gasteiger partial charge >= 0.3 is 0 Å². The number of amides is 1. The molecule has 0 unspecified atom stereocenters. The molecular weight excluding hydrogens is 442 g/mol. The Kier molecular flexibility index (Phi) is 5.15. The molecule has 2 heterocycles. The van der Waals surface area contributed by atoms with Gasteiger partial charge in [0, 0.05) is 14.9 Å². The van der Waals surface area contributed by atoms with Crippen LogP contribution in [0.4, 0.5) is 5.13 Å². The number of nitrogens with zero attached hydrogens (tertiary/aromatic N) is 3. The maximum absolute atomic E-state index is 13.2. The Hall–Kier alpha value is -2.35. The SMILES string of the molecule is Cc1cccc(C(=O)N(/N=C/c2cccs2)c2nc3ccc(Br)cc3s2)c1. The van der Waals surface area contributed by atoms with Crippen molar-refractivity contribution in [3.8, 4) is 0 Å². The van der Waals surface area contributed by atoms with Crippen molar-refractivity contribution in [3.63, 3.8) is 0 Å². The number of carbonyl (C=O) groups is 1. The number of thiazole rings is 1. The van der Waals surface area contributed by atoms with Gasteiger partial charge in [0.25, 0.3) is 5.91 Å². The molecular formula is C20H14BrN3OS2. The first-order valence-electron chi connectivity index (χ1n) is 8.15. The van der Waals surface area contributed by atoms with E-state index >= 15 is 0 Å². The van der Waals surface area contributed by atoms with Crippen LogP contribution in [0.5, 0.6) is 0 Å². The normalized spacial score (nSPS) is 11.3. The van der Waals surface area contributed by atoms with E-state index in [2.05, 4.69) is 26.0 Å². The van der Waals surface area contributed by atoms with Gasteiger partial charge in [0.05, 0.1) is 16.4 Å². The van der Waals surface area contributed by atoms with Crippen LogP contribution in [-0.4, -0.2) is 17.1 Å². The van der Waals surface area contributed by atoms with Crippen molar-refractivity contribution in [1.29, 1.82) is 0 Å². The molecule has 0 N–H and O–H groups in total. The van der Waals surface area contributed by atoms with Crippen LogP contribution in [0.3, 0.4) is 0 Å². The Balaban J connectivity index is 1.77. The minimum atomic E-state index is -0.204. The Morgan fingerprint density at radius 1 is 1.19 bits per heavy atom. The second-order valence-corrected chi connectivity index (χ2v) is 8.76. The highest BCUT2D eigenvalue weighted by atomic mass is 79.9. The molecule has 0 fully saturated rings. The highest BCUT2D eigenvalue weighted by Gasteiger charge is 2.21. The first-order valence-corrected chi connectivity index (χ1v) is 10.6. The number of aryl methyl sites for hydroxylation is 1. The quantitative estimate of drug-likeness (QED) is 0.275. The maximum Gasteiger partial charge on any atom is 0.280 e. The average molecular weight is 456 g/mol. The van der Waals surface area contributed by atoms with Gasteiger partial charge in [-0.1, -0.05) is 51.0 Å². The van der Waals surface area contributed by atoms with E-state index in [1.54, 1.807) is 23.6 Å². The molecule has 0 aliphatic carbocycles. The van der Waals surface area contributed by atoms with E-state index < -0.39 is 0 Å². The Bertz CT molecular complexity index is 1140. The highest BCUT2D eigenvalue weighted by Crippen LogP contribution is 2.32. The fourth-order valence-electron chi connectivity index (χ4n) is 2.55. The smallest absolute Gasteiger partial charge is 0.267 e. The molecule has 4 aromatic rings. The van der Waals surface area contributed by atoms with Gasteiger partial charge in [-0.2, -0.15) is 10.1 Å². The molecule has 0 aliphatic rings. The number of carbonyl (C=O) groups excluding carboxylic acids is 1. The fraction of sp³-hybridized carbons (Fsp3) is 0.0500. The summed E-state index contributed by atoms with van der Waals surface area (Å²) in [6.07, 6.45) is 1.69. The van der Waals surface area contributed by atoms with Crippen LogP contribution in [-0.2, 0) is 0 Å². The number of thiophene rings is 1. The van der Waals surface area contributed by atoms with Crippen molar-refractivity contribution < 1.29 is 4.79 Å². The largest absolute Gasteiger partial charge is 0.280 e. The third-order valence-corrected chi connectivity index (χ3v) is 6.12. The molecule has 0 atom stereocenters. The summed E-state index contributed by atoms with van der Waals surface area (Å²) < 4.78 is 1.97. The van der Waals surface area contributed by atoms with Crippen LogP contribution in [0, 0.1) is 6.92 Å². The lowest BCUT2D eigenvalue weighted by molar-refractivity contribution is 0.0988. The molecule has 0 aliphatic heterocycles. The summed E-state index contributed by atoms with van der Waals surface area (Å²) in [7, 11) is 0. The maximum atomic E-state index is 13.2. The predicted molar refractivity (Wildman–Crippen MR) is 117 cm³/mol. The summed E-state index contributed by atoms with van der Waals surface area (Å²) in [6, 6.07) is 17.3. The highest BCUT2D eigenvalue weighted by molar-refractivity contribution is 9.10. The first-order chi connectivity index (χ1) is 13.1. The summed E-state index contributed by atoms with van der Waals surface area (Å²) >= 11 is 6.48. The Morgan fingerprint density at radius 3 is 2.85 bits per heavy atom. The summed E-state index contributed by atoms with van der Waals surface area (Å²) in [5, 5.41) is 8.37. The molecule has 27 heavy (non-hydrogen) atoms. The van der Waals surface area contributed by atoms with E-state index in [1.165, 1.54) is 16.3 Å². The van der Waals surface area contributed by atoms with Crippen LogP contribution in [0.25, 0.3) is 10.2 Å². The standard InChI is InChI=1S/C20H14BrN3OS2/c1-13-4-2-5-14(10-13)19(25)24(22-12-16-6-3-9-26-16)20-23-17-8-7-15(21)11-18(17)27-20/h2-12H,1H3/b22-12+. The lowest BCUT2D eigenvalue weighted by Crippen LogP contribution is -2.25. The lowest BCUT2D eigenvalue weighted by Gasteiger charge is -2.14. The number of fused-ring (bicyclic) bond motifs is 1. The monoisotopic (exact) mass is 455 g/mol. The van der Waals surface area contributed by atoms with Crippen molar-refractivity contribution in [2.45, 2.75) is 6.92 Å². The molecule has 4 rings (SSSR count). The van der Waals surface area contributed by atoms with Crippen LogP contribution >= 0.6 is 38.6 Å². The van der Waals surface area contributed by atoms with Crippen molar-refractivity contribution >= 4 is 66.1 Å². The van der Waals surface area contributed by atoms with Crippen molar-refractivity contribution in [1.82, 2.24) is 4.98 Å². The number of hydrogen-bond acceptors (Lipinski definition) is 5. The molecule has 134 valence electrons.